The number of aromatic carboxylic acids is 1. The largest absolute Gasteiger partial charge is 0.477 e. The van der Waals surface area contributed by atoms with Crippen molar-refractivity contribution in [3.8, 4) is 0 Å². The van der Waals surface area contributed by atoms with E-state index in [0.717, 1.165) is 25.0 Å². The Morgan fingerprint density at radius 1 is 1.19 bits per heavy atom. The van der Waals surface area contributed by atoms with E-state index in [9.17, 15) is 14.7 Å². The molecule has 4 rings (SSSR count). The van der Waals surface area contributed by atoms with E-state index < -0.39 is 11.4 Å². The molecule has 0 spiro atoms. The van der Waals surface area contributed by atoms with Crippen LogP contribution in [-0.4, -0.2) is 20.6 Å². The van der Waals surface area contributed by atoms with E-state index in [-0.39, 0.29) is 11.1 Å². The number of hydrogen-bond donors (Lipinski definition) is 1. The lowest BCUT2D eigenvalue weighted by atomic mass is 9.99. The van der Waals surface area contributed by atoms with Crippen LogP contribution in [0.25, 0.3) is 11.0 Å². The first kappa shape index (κ1) is 16.5. The van der Waals surface area contributed by atoms with Crippen LogP contribution in [0.15, 0.2) is 47.4 Å². The fraction of sp³-hybridized carbons (Fsp3) is 0.286. The van der Waals surface area contributed by atoms with Gasteiger partial charge < -0.3 is 9.67 Å². The van der Waals surface area contributed by atoms with Crippen LogP contribution in [0.5, 0.6) is 0 Å². The molecule has 2 aromatic heterocycles. The molecule has 0 fully saturated rings. The van der Waals surface area contributed by atoms with Crippen LogP contribution < -0.4 is 5.43 Å². The summed E-state index contributed by atoms with van der Waals surface area (Å²) in [5.74, 6) is -0.744. The van der Waals surface area contributed by atoms with E-state index in [1.165, 1.54) is 17.3 Å². The zero-order valence-corrected chi connectivity index (χ0v) is 14.6. The maximum atomic E-state index is 12.5. The third-order valence-electron chi connectivity index (χ3n) is 5.19. The zero-order chi connectivity index (χ0) is 18.3. The molecule has 2 heterocycles. The number of aromatic nitrogens is 2. The van der Waals surface area contributed by atoms with Gasteiger partial charge in [0, 0.05) is 18.4 Å². The molecule has 1 aliphatic carbocycles. The van der Waals surface area contributed by atoms with Crippen molar-refractivity contribution in [3.05, 3.63) is 75.2 Å². The molecular formula is C21H20N2O3. The molecule has 132 valence electrons. The number of hydrogen-bond acceptors (Lipinski definition) is 3. The first-order chi connectivity index (χ1) is 12.6. The summed E-state index contributed by atoms with van der Waals surface area (Å²) in [7, 11) is 0. The highest BCUT2D eigenvalue weighted by Gasteiger charge is 2.22. The van der Waals surface area contributed by atoms with Crippen molar-refractivity contribution < 1.29 is 9.90 Å². The third-order valence-corrected chi connectivity index (χ3v) is 5.19. The second-order valence-electron chi connectivity index (χ2n) is 6.88. The van der Waals surface area contributed by atoms with Crippen molar-refractivity contribution in [2.24, 2.45) is 5.92 Å². The normalized spacial score (nSPS) is 13.9. The van der Waals surface area contributed by atoms with Crippen LogP contribution >= 0.6 is 0 Å². The van der Waals surface area contributed by atoms with Crippen molar-refractivity contribution in [2.45, 2.75) is 32.7 Å². The molecule has 5 nitrogen and oxygen atoms in total. The number of aryl methyl sites for hydroxylation is 1. The molecule has 0 saturated carbocycles. The molecule has 0 bridgehead atoms. The molecule has 3 aromatic rings. The van der Waals surface area contributed by atoms with Crippen molar-refractivity contribution >= 4 is 17.0 Å². The number of carboxylic acids is 1. The molecule has 0 aliphatic heterocycles. The fourth-order valence-electron chi connectivity index (χ4n) is 3.92. The second-order valence-corrected chi connectivity index (χ2v) is 6.88. The zero-order valence-electron chi connectivity index (χ0n) is 14.6. The van der Waals surface area contributed by atoms with E-state index in [1.807, 2.05) is 19.1 Å². The van der Waals surface area contributed by atoms with E-state index in [0.29, 0.717) is 18.0 Å². The van der Waals surface area contributed by atoms with Gasteiger partial charge in [-0.3, -0.25) is 4.79 Å². The first-order valence-electron chi connectivity index (χ1n) is 8.90. The standard InChI is InChI=1S/C21H20N2O3/c1-2-23-12-17(21(25)26)20(24)19-18(23)8-7-16(22-19)11-13-9-14-5-3-4-6-15(14)10-13/h3-8,12-13H,2,9-11H2,1H3,(H,25,26). The maximum Gasteiger partial charge on any atom is 0.341 e. The van der Waals surface area contributed by atoms with Crippen molar-refractivity contribution in [3.63, 3.8) is 0 Å². The molecule has 1 N–H and O–H groups in total. The highest BCUT2D eigenvalue weighted by molar-refractivity contribution is 5.91. The van der Waals surface area contributed by atoms with Crippen LogP contribution in [0.2, 0.25) is 0 Å². The minimum absolute atomic E-state index is 0.225. The van der Waals surface area contributed by atoms with Gasteiger partial charge in [-0.15, -0.1) is 0 Å². The molecule has 26 heavy (non-hydrogen) atoms. The minimum atomic E-state index is -1.21. The minimum Gasteiger partial charge on any atom is -0.477 e. The van der Waals surface area contributed by atoms with Crippen LogP contribution in [-0.2, 0) is 25.8 Å². The van der Waals surface area contributed by atoms with Crippen molar-refractivity contribution in [2.75, 3.05) is 0 Å². The van der Waals surface area contributed by atoms with E-state index >= 15 is 0 Å². The number of benzene rings is 1. The van der Waals surface area contributed by atoms with Gasteiger partial charge in [-0.05, 0) is 55.4 Å². The van der Waals surface area contributed by atoms with Gasteiger partial charge in [0.15, 0.2) is 0 Å². The summed E-state index contributed by atoms with van der Waals surface area (Å²) >= 11 is 0. The fourth-order valence-corrected chi connectivity index (χ4v) is 3.92. The predicted molar refractivity (Wildman–Crippen MR) is 99.7 cm³/mol. The molecule has 0 saturated heterocycles. The van der Waals surface area contributed by atoms with Gasteiger partial charge in [0.2, 0.25) is 5.43 Å². The molecule has 0 amide bonds. The molecule has 0 radical (unpaired) electrons. The summed E-state index contributed by atoms with van der Waals surface area (Å²) in [5.41, 5.74) is 3.82. The van der Waals surface area contributed by atoms with Gasteiger partial charge in [0.25, 0.3) is 0 Å². The van der Waals surface area contributed by atoms with Gasteiger partial charge in [0.1, 0.15) is 11.1 Å². The Morgan fingerprint density at radius 3 is 2.50 bits per heavy atom. The van der Waals surface area contributed by atoms with E-state index in [2.05, 4.69) is 29.2 Å². The number of nitrogens with zero attached hydrogens (tertiary/aromatic N) is 2. The molecular weight excluding hydrogens is 328 g/mol. The quantitative estimate of drug-likeness (QED) is 0.786. The Bertz CT molecular complexity index is 1040. The summed E-state index contributed by atoms with van der Waals surface area (Å²) in [6.45, 7) is 2.50. The first-order valence-corrected chi connectivity index (χ1v) is 8.90. The molecule has 5 heteroatoms. The predicted octanol–water partition coefficient (Wildman–Crippen LogP) is 3.07. The van der Waals surface area contributed by atoms with Gasteiger partial charge >= 0.3 is 5.97 Å². The lowest BCUT2D eigenvalue weighted by Gasteiger charge is -2.12. The summed E-state index contributed by atoms with van der Waals surface area (Å²) < 4.78 is 1.77. The summed E-state index contributed by atoms with van der Waals surface area (Å²) in [4.78, 5) is 28.5. The SMILES string of the molecule is CCn1cc(C(=O)O)c(=O)c2nc(CC3Cc4ccccc4C3)ccc21. The average molecular weight is 348 g/mol. The van der Waals surface area contributed by atoms with E-state index in [1.54, 1.807) is 4.57 Å². The van der Waals surface area contributed by atoms with Gasteiger partial charge in [-0.1, -0.05) is 24.3 Å². The van der Waals surface area contributed by atoms with Gasteiger partial charge in [0.05, 0.1) is 5.52 Å². The number of carboxylic acid groups (broad SMARTS) is 1. The monoisotopic (exact) mass is 348 g/mol. The average Bonchev–Trinajstić information content (AvgIpc) is 3.04. The summed E-state index contributed by atoms with van der Waals surface area (Å²) in [6.07, 6.45) is 4.23. The molecule has 1 aromatic carbocycles. The van der Waals surface area contributed by atoms with Crippen LogP contribution in [0, 0.1) is 5.92 Å². The highest BCUT2D eigenvalue weighted by atomic mass is 16.4. The molecule has 0 unspecified atom stereocenters. The lowest BCUT2D eigenvalue weighted by molar-refractivity contribution is 0.0695. The van der Waals surface area contributed by atoms with Crippen LogP contribution in [0.4, 0.5) is 0 Å². The number of rotatable bonds is 4. The smallest absolute Gasteiger partial charge is 0.341 e. The Labute approximate surface area is 150 Å². The summed E-state index contributed by atoms with van der Waals surface area (Å²) in [6, 6.07) is 12.3. The highest BCUT2D eigenvalue weighted by Crippen LogP contribution is 2.28. The number of pyridine rings is 2. The maximum absolute atomic E-state index is 12.5. The third kappa shape index (κ3) is 2.79. The number of fused-ring (bicyclic) bond motifs is 2. The Hall–Kier alpha value is -2.95. The Balaban J connectivity index is 1.71. The Kier molecular flexibility index (Phi) is 4.07. The van der Waals surface area contributed by atoms with Gasteiger partial charge in [-0.25, -0.2) is 9.78 Å². The molecule has 1 aliphatic rings. The van der Waals surface area contributed by atoms with Crippen molar-refractivity contribution in [1.29, 1.82) is 0 Å². The Morgan fingerprint density at radius 2 is 1.88 bits per heavy atom. The lowest BCUT2D eigenvalue weighted by Crippen LogP contribution is -2.20. The molecule has 0 atom stereocenters. The summed E-state index contributed by atoms with van der Waals surface area (Å²) in [5, 5.41) is 9.30. The topological polar surface area (TPSA) is 72.2 Å². The second kappa shape index (κ2) is 6.41. The van der Waals surface area contributed by atoms with Crippen LogP contribution in [0.1, 0.15) is 34.1 Å². The number of carbonyl (C=O) groups is 1. The van der Waals surface area contributed by atoms with Crippen molar-refractivity contribution in [1.82, 2.24) is 9.55 Å². The van der Waals surface area contributed by atoms with Crippen LogP contribution in [0.3, 0.4) is 0 Å². The van der Waals surface area contributed by atoms with E-state index in [4.69, 9.17) is 0 Å². The van der Waals surface area contributed by atoms with Gasteiger partial charge in [-0.2, -0.15) is 0 Å².